The van der Waals surface area contributed by atoms with Crippen LogP contribution in [0.3, 0.4) is 0 Å². The quantitative estimate of drug-likeness (QED) is 0.133. The first-order valence-corrected chi connectivity index (χ1v) is 12.8. The zero-order valence-corrected chi connectivity index (χ0v) is 22.2. The van der Waals surface area contributed by atoms with Gasteiger partial charge in [0.15, 0.2) is 5.16 Å². The molecule has 0 atom stereocenters. The number of anilines is 1. The van der Waals surface area contributed by atoms with Gasteiger partial charge in [-0.2, -0.15) is 0 Å². The molecule has 0 bridgehead atoms. The number of nitrogens with one attached hydrogen (secondary N) is 1. The summed E-state index contributed by atoms with van der Waals surface area (Å²) in [5.74, 6) is 1.05. The number of thioether (sulfide) groups is 1. The minimum atomic E-state index is -0.430. The van der Waals surface area contributed by atoms with Crippen LogP contribution in [0.2, 0.25) is 5.02 Å². The van der Waals surface area contributed by atoms with Gasteiger partial charge in [0, 0.05) is 23.7 Å². The molecule has 2 aromatic carbocycles. The summed E-state index contributed by atoms with van der Waals surface area (Å²) in [7, 11) is 1.32. The van der Waals surface area contributed by atoms with Gasteiger partial charge < -0.3 is 19.4 Å². The van der Waals surface area contributed by atoms with Gasteiger partial charge in [-0.1, -0.05) is 29.4 Å². The maximum atomic E-state index is 12.4. The van der Waals surface area contributed by atoms with Crippen molar-refractivity contribution in [1.82, 2.24) is 14.8 Å². The van der Waals surface area contributed by atoms with Gasteiger partial charge in [0.2, 0.25) is 5.91 Å². The summed E-state index contributed by atoms with van der Waals surface area (Å²) in [5.41, 5.74) is 1.000. The second kappa shape index (κ2) is 13.3. The Morgan fingerprint density at radius 1 is 1.23 bits per heavy atom. The molecule has 0 radical (unpaired) electrons. The van der Waals surface area contributed by atoms with E-state index in [0.717, 1.165) is 22.5 Å². The standard InChI is InChI=1S/C24H24BrClN4O4S/c1-3-12-30-21(5-4-13-34-20-11-8-17(26)14-19(20)25)28-29-24(30)35-15-22(31)27-18-9-6-16(7-10-18)23(32)33-2/h3,6-11,14H,1,4-5,12-13,15H2,2H3,(H,27,31). The smallest absolute Gasteiger partial charge is 0.337 e. The minimum Gasteiger partial charge on any atom is -0.492 e. The summed E-state index contributed by atoms with van der Waals surface area (Å²) < 4.78 is 13.2. The topological polar surface area (TPSA) is 95.3 Å². The molecule has 11 heteroatoms. The number of aryl methyl sites for hydroxylation is 1. The van der Waals surface area contributed by atoms with E-state index in [-0.39, 0.29) is 11.7 Å². The molecule has 0 aliphatic heterocycles. The van der Waals surface area contributed by atoms with Crippen LogP contribution in [0, 0.1) is 0 Å². The lowest BCUT2D eigenvalue weighted by Gasteiger charge is -2.10. The van der Waals surface area contributed by atoms with E-state index in [4.69, 9.17) is 16.3 Å². The predicted molar refractivity (Wildman–Crippen MR) is 140 cm³/mol. The Labute approximate surface area is 221 Å². The highest BCUT2D eigenvalue weighted by Gasteiger charge is 2.14. The number of hydrogen-bond donors (Lipinski definition) is 1. The van der Waals surface area contributed by atoms with Gasteiger partial charge in [-0.05, 0) is 64.8 Å². The fraction of sp³-hybridized carbons (Fsp3) is 0.250. The lowest BCUT2D eigenvalue weighted by molar-refractivity contribution is -0.113. The number of nitrogens with zero attached hydrogens (tertiary/aromatic N) is 3. The zero-order chi connectivity index (χ0) is 25.2. The van der Waals surface area contributed by atoms with Gasteiger partial charge in [0.1, 0.15) is 11.6 Å². The largest absolute Gasteiger partial charge is 0.492 e. The third-order valence-corrected chi connectivity index (χ3v) is 6.55. The van der Waals surface area contributed by atoms with E-state index >= 15 is 0 Å². The van der Waals surface area contributed by atoms with Crippen molar-refractivity contribution in [3.63, 3.8) is 0 Å². The van der Waals surface area contributed by atoms with Gasteiger partial charge in [0.05, 0.1) is 29.5 Å². The molecule has 35 heavy (non-hydrogen) atoms. The number of amides is 1. The molecule has 1 heterocycles. The Morgan fingerprint density at radius 2 is 2.00 bits per heavy atom. The average Bonchev–Trinajstić information content (AvgIpc) is 3.23. The molecular weight excluding hydrogens is 556 g/mol. The fourth-order valence-electron chi connectivity index (χ4n) is 3.06. The third kappa shape index (κ3) is 7.84. The Hall–Kier alpha value is -2.82. The number of allylic oxidation sites excluding steroid dienone is 1. The van der Waals surface area contributed by atoms with Crippen LogP contribution >= 0.6 is 39.3 Å². The number of rotatable bonds is 12. The van der Waals surface area contributed by atoms with Crippen LogP contribution in [0.4, 0.5) is 5.69 Å². The van der Waals surface area contributed by atoms with Crippen LogP contribution < -0.4 is 10.1 Å². The molecule has 0 saturated heterocycles. The average molecular weight is 580 g/mol. The van der Waals surface area contributed by atoms with E-state index in [2.05, 4.69) is 42.8 Å². The molecule has 3 rings (SSSR count). The molecule has 0 spiro atoms. The Bertz CT molecular complexity index is 1190. The molecule has 1 N–H and O–H groups in total. The first-order valence-electron chi connectivity index (χ1n) is 10.6. The van der Waals surface area contributed by atoms with E-state index in [0.29, 0.717) is 41.0 Å². The highest BCUT2D eigenvalue weighted by Crippen LogP contribution is 2.28. The van der Waals surface area contributed by atoms with Crippen LogP contribution in [0.5, 0.6) is 5.75 Å². The molecule has 0 saturated carbocycles. The van der Waals surface area contributed by atoms with Gasteiger partial charge >= 0.3 is 5.97 Å². The molecule has 0 unspecified atom stereocenters. The van der Waals surface area contributed by atoms with Crippen molar-refractivity contribution in [2.75, 3.05) is 24.8 Å². The van der Waals surface area contributed by atoms with Crippen molar-refractivity contribution in [3.05, 3.63) is 76.0 Å². The van der Waals surface area contributed by atoms with Gasteiger partial charge in [-0.25, -0.2) is 4.79 Å². The summed E-state index contributed by atoms with van der Waals surface area (Å²) >= 11 is 10.7. The molecular formula is C24H24BrClN4O4S. The Kier molecular flexibility index (Phi) is 10.2. The number of benzene rings is 2. The van der Waals surface area contributed by atoms with Crippen molar-refractivity contribution < 1.29 is 19.1 Å². The molecule has 8 nitrogen and oxygen atoms in total. The Balaban J connectivity index is 1.51. The van der Waals surface area contributed by atoms with Crippen molar-refractivity contribution in [2.45, 2.75) is 24.5 Å². The summed E-state index contributed by atoms with van der Waals surface area (Å²) in [6.45, 7) is 4.84. The number of esters is 1. The van der Waals surface area contributed by atoms with Crippen LogP contribution in [0.1, 0.15) is 22.6 Å². The predicted octanol–water partition coefficient (Wildman–Crippen LogP) is 5.41. The lowest BCUT2D eigenvalue weighted by Crippen LogP contribution is -2.15. The number of methoxy groups -OCH3 is 1. The number of carbonyl (C=O) groups excluding carboxylic acids is 2. The third-order valence-electron chi connectivity index (χ3n) is 4.72. The van der Waals surface area contributed by atoms with E-state index in [1.807, 2.05) is 10.6 Å². The van der Waals surface area contributed by atoms with Crippen molar-refractivity contribution in [3.8, 4) is 5.75 Å². The van der Waals surface area contributed by atoms with Crippen LogP contribution in [-0.2, 0) is 22.5 Å². The Morgan fingerprint density at radius 3 is 2.69 bits per heavy atom. The molecule has 1 aromatic heterocycles. The molecule has 0 aliphatic carbocycles. The van der Waals surface area contributed by atoms with Crippen LogP contribution in [0.15, 0.2) is 64.7 Å². The summed E-state index contributed by atoms with van der Waals surface area (Å²) in [6, 6.07) is 11.9. The maximum absolute atomic E-state index is 12.4. The van der Waals surface area contributed by atoms with E-state index < -0.39 is 5.97 Å². The highest BCUT2D eigenvalue weighted by molar-refractivity contribution is 9.10. The summed E-state index contributed by atoms with van der Waals surface area (Å²) in [5, 5.41) is 12.6. The normalized spacial score (nSPS) is 10.6. The van der Waals surface area contributed by atoms with E-state index in [9.17, 15) is 9.59 Å². The summed E-state index contributed by atoms with van der Waals surface area (Å²) in [6.07, 6.45) is 3.16. The minimum absolute atomic E-state index is 0.154. The van der Waals surface area contributed by atoms with Crippen molar-refractivity contribution >= 4 is 56.9 Å². The second-order valence-corrected chi connectivity index (χ2v) is 9.46. The highest BCUT2D eigenvalue weighted by atomic mass is 79.9. The number of ether oxygens (including phenoxy) is 2. The number of aromatic nitrogens is 3. The first-order chi connectivity index (χ1) is 16.9. The van der Waals surface area contributed by atoms with Gasteiger partial charge in [0.25, 0.3) is 0 Å². The van der Waals surface area contributed by atoms with Crippen LogP contribution in [0.25, 0.3) is 0 Å². The zero-order valence-electron chi connectivity index (χ0n) is 19.0. The first kappa shape index (κ1) is 26.8. The number of hydrogen-bond acceptors (Lipinski definition) is 7. The SMILES string of the molecule is C=CCn1c(CCCOc2ccc(Cl)cc2Br)nnc1SCC(=O)Nc1ccc(C(=O)OC)cc1. The number of carbonyl (C=O) groups is 2. The number of halogens is 2. The van der Waals surface area contributed by atoms with Crippen LogP contribution in [-0.4, -0.2) is 46.1 Å². The van der Waals surface area contributed by atoms with E-state index in [1.54, 1.807) is 42.5 Å². The molecule has 0 fully saturated rings. The van der Waals surface area contributed by atoms with Crippen molar-refractivity contribution in [1.29, 1.82) is 0 Å². The molecule has 3 aromatic rings. The van der Waals surface area contributed by atoms with Gasteiger partial charge in [-0.3, -0.25) is 4.79 Å². The van der Waals surface area contributed by atoms with Gasteiger partial charge in [-0.15, -0.1) is 16.8 Å². The summed E-state index contributed by atoms with van der Waals surface area (Å²) in [4.78, 5) is 23.9. The van der Waals surface area contributed by atoms with Crippen molar-refractivity contribution in [2.24, 2.45) is 0 Å². The molecule has 1 amide bonds. The lowest BCUT2D eigenvalue weighted by atomic mass is 10.2. The van der Waals surface area contributed by atoms with E-state index in [1.165, 1.54) is 18.9 Å². The fourth-order valence-corrected chi connectivity index (χ4v) is 4.63. The monoisotopic (exact) mass is 578 g/mol. The molecule has 0 aliphatic rings. The second-order valence-electron chi connectivity index (χ2n) is 7.23. The molecule has 184 valence electrons. The maximum Gasteiger partial charge on any atom is 0.337 e.